The number of benzene rings is 2. The molecule has 7 rings (SSSR count). The molecule has 29 heavy (non-hydrogen) atoms. The predicted octanol–water partition coefficient (Wildman–Crippen LogP) is 6.38. The van der Waals surface area contributed by atoms with Crippen LogP contribution in [0.25, 0.3) is 0 Å². The van der Waals surface area contributed by atoms with Crippen LogP contribution in [0.15, 0.2) is 48.5 Å². The quantitative estimate of drug-likeness (QED) is 0.202. The summed E-state index contributed by atoms with van der Waals surface area (Å²) in [4.78, 5) is 0. The fraction of sp³-hybridized carbons (Fsp3) is 0.478. The van der Waals surface area contributed by atoms with E-state index in [0.717, 1.165) is 23.7 Å². The maximum absolute atomic E-state index is 9.75. The second-order valence-electron chi connectivity index (χ2n) is 9.21. The van der Waals surface area contributed by atoms with Crippen LogP contribution < -0.4 is 0 Å². The van der Waals surface area contributed by atoms with Gasteiger partial charge >= 0.3 is 7.25 Å². The Morgan fingerprint density at radius 2 is 0.897 bits per heavy atom. The van der Waals surface area contributed by atoms with Gasteiger partial charge in [-0.05, 0) is 47.9 Å². The summed E-state index contributed by atoms with van der Waals surface area (Å²) in [7, 11) is -5.43. The van der Waals surface area contributed by atoms with Crippen LogP contribution in [0.3, 0.4) is 0 Å². The number of halogens is 4. The minimum atomic E-state index is -6.00. The Morgan fingerprint density at radius 3 is 1.14 bits per heavy atom. The van der Waals surface area contributed by atoms with E-state index in [0.29, 0.717) is 20.4 Å². The molecule has 1 heterocycles. The van der Waals surface area contributed by atoms with E-state index < -0.39 is 7.25 Å². The zero-order valence-electron chi connectivity index (χ0n) is 16.3. The molecule has 0 radical (unpaired) electrons. The van der Waals surface area contributed by atoms with Gasteiger partial charge in [-0.1, -0.05) is 48.5 Å². The molecule has 2 aromatic rings. The lowest BCUT2D eigenvalue weighted by Gasteiger charge is -2.15. The van der Waals surface area contributed by atoms with Crippen LogP contribution in [0, 0.1) is 0 Å². The monoisotopic (exact) mass is 418 g/mol. The van der Waals surface area contributed by atoms with Crippen molar-refractivity contribution in [3.05, 3.63) is 70.8 Å². The van der Waals surface area contributed by atoms with E-state index >= 15 is 0 Å². The van der Waals surface area contributed by atoms with E-state index in [-0.39, 0.29) is 0 Å². The van der Waals surface area contributed by atoms with E-state index in [1.807, 2.05) is 0 Å². The van der Waals surface area contributed by atoms with Gasteiger partial charge in [0.1, 0.15) is 0 Å². The molecule has 5 aliphatic rings. The summed E-state index contributed by atoms with van der Waals surface area (Å²) < 4.78 is 40.3. The summed E-state index contributed by atoms with van der Waals surface area (Å²) in [5.41, 5.74) is 6.95. The maximum atomic E-state index is 9.75. The third-order valence-electron chi connectivity index (χ3n) is 8.63. The van der Waals surface area contributed by atoms with Crippen molar-refractivity contribution in [1.29, 1.82) is 0 Å². The highest BCUT2D eigenvalue weighted by Crippen LogP contribution is 2.88. The van der Waals surface area contributed by atoms with Crippen molar-refractivity contribution in [1.82, 2.24) is 0 Å². The average Bonchev–Trinajstić information content (AvgIpc) is 3.15. The molecule has 6 atom stereocenters. The van der Waals surface area contributed by atoms with E-state index in [1.165, 1.54) is 25.7 Å². The summed E-state index contributed by atoms with van der Waals surface area (Å²) >= 11 is 0. The Bertz CT molecular complexity index is 861. The third kappa shape index (κ3) is 2.00. The Hall–Kier alpha value is -1.43. The van der Waals surface area contributed by atoms with Gasteiger partial charge in [0.05, 0.1) is 6.26 Å². The summed E-state index contributed by atoms with van der Waals surface area (Å²) in [6.07, 6.45) is 8.48. The van der Waals surface area contributed by atoms with Gasteiger partial charge in [-0.25, -0.2) is 0 Å². The van der Waals surface area contributed by atoms with Gasteiger partial charge in [0, 0.05) is 34.6 Å². The lowest BCUT2D eigenvalue weighted by Crippen LogP contribution is -2.31. The van der Waals surface area contributed by atoms with Crippen molar-refractivity contribution in [2.45, 2.75) is 58.8 Å². The second-order valence-corrected chi connectivity index (χ2v) is 11.6. The first kappa shape index (κ1) is 18.4. The van der Waals surface area contributed by atoms with Gasteiger partial charge in [-0.3, -0.25) is 0 Å². The van der Waals surface area contributed by atoms with E-state index in [2.05, 4.69) is 54.8 Å². The molecule has 2 unspecified atom stereocenters. The molecule has 0 amide bonds. The van der Waals surface area contributed by atoms with Gasteiger partial charge in [0.2, 0.25) is 0 Å². The molecule has 0 N–H and O–H groups in total. The molecule has 2 spiro atoms. The van der Waals surface area contributed by atoms with Gasteiger partial charge in [-0.15, -0.1) is 0 Å². The lowest BCUT2D eigenvalue weighted by atomic mass is 9.75. The van der Waals surface area contributed by atoms with Crippen molar-refractivity contribution in [3.63, 3.8) is 0 Å². The zero-order chi connectivity index (χ0) is 20.2. The van der Waals surface area contributed by atoms with Gasteiger partial charge in [0.15, 0.2) is 9.49 Å². The first-order valence-corrected chi connectivity index (χ1v) is 12.2. The standard InChI is InChI=1S/C23H23S.BF4/c1-24-22(18-10-11-19(22)15-7-3-2-6-14(15)18)23(24)20-12-13-21(23)17-9-5-4-8-16(17)20;2-1(3,4)5/h2-9,18-21H,10-13H2,1H3;/q+1;-1/t18-,19+,20-,21+,22?,23?,24?;. The summed E-state index contributed by atoms with van der Waals surface area (Å²) in [5.74, 6) is 3.46. The first-order valence-electron chi connectivity index (χ1n) is 10.5. The Kier molecular flexibility index (Phi) is 3.56. The smallest absolute Gasteiger partial charge is 0.418 e. The first-order chi connectivity index (χ1) is 13.8. The molecular formula is C23H23BF4S. The molecule has 0 aromatic heterocycles. The van der Waals surface area contributed by atoms with Gasteiger partial charge in [-0.2, -0.15) is 0 Å². The van der Waals surface area contributed by atoms with Crippen molar-refractivity contribution in [3.8, 4) is 0 Å². The van der Waals surface area contributed by atoms with Crippen LogP contribution in [-0.4, -0.2) is 23.0 Å². The molecule has 6 heteroatoms. The van der Waals surface area contributed by atoms with E-state index in [4.69, 9.17) is 0 Å². The minimum absolute atomic E-state index is 0.573. The van der Waals surface area contributed by atoms with E-state index in [9.17, 15) is 17.3 Å². The number of hydrogen-bond donors (Lipinski definition) is 0. The van der Waals surface area contributed by atoms with Crippen LogP contribution in [0.2, 0.25) is 0 Å². The molecule has 1 saturated heterocycles. The molecule has 1 aliphatic heterocycles. The molecule has 0 nitrogen and oxygen atoms in total. The Labute approximate surface area is 171 Å². The predicted molar refractivity (Wildman–Crippen MR) is 111 cm³/mol. The Balaban J connectivity index is 0.000000300. The van der Waals surface area contributed by atoms with Crippen LogP contribution in [-0.2, 0) is 10.9 Å². The SMILES string of the molecule is C[S+]1C2([C@@H]3CC[C@H]2c2ccccc23)C12[C@@H]1CC[C@H]2c2ccccc21.F[B-](F)(F)F. The molecule has 152 valence electrons. The minimum Gasteiger partial charge on any atom is -0.418 e. The Morgan fingerprint density at radius 1 is 0.655 bits per heavy atom. The lowest BCUT2D eigenvalue weighted by molar-refractivity contribution is 0.368. The molecule has 2 aromatic carbocycles. The van der Waals surface area contributed by atoms with Crippen molar-refractivity contribution < 1.29 is 17.3 Å². The molecular weight excluding hydrogens is 395 g/mol. The average molecular weight is 418 g/mol. The number of rotatable bonds is 0. The second kappa shape index (κ2) is 5.63. The highest BCUT2D eigenvalue weighted by atomic mass is 32.2. The van der Waals surface area contributed by atoms with Gasteiger partial charge in [0.25, 0.3) is 0 Å². The van der Waals surface area contributed by atoms with Gasteiger partial charge < -0.3 is 17.3 Å². The molecule has 3 fully saturated rings. The van der Waals surface area contributed by atoms with Crippen LogP contribution in [0.4, 0.5) is 17.3 Å². The van der Waals surface area contributed by atoms with Crippen LogP contribution >= 0.6 is 0 Å². The fourth-order valence-electron chi connectivity index (χ4n) is 8.32. The topological polar surface area (TPSA) is 0 Å². The maximum Gasteiger partial charge on any atom is 0.673 e. The summed E-state index contributed by atoms with van der Waals surface area (Å²) in [6, 6.07) is 19.0. The largest absolute Gasteiger partial charge is 0.673 e. The number of hydrogen-bond acceptors (Lipinski definition) is 0. The number of fused-ring (bicyclic) bond motifs is 6. The van der Waals surface area contributed by atoms with E-state index in [1.54, 1.807) is 22.3 Å². The van der Waals surface area contributed by atoms with Crippen molar-refractivity contribution in [2.24, 2.45) is 0 Å². The summed E-state index contributed by atoms with van der Waals surface area (Å²) in [6.45, 7) is 0. The van der Waals surface area contributed by atoms with Crippen LogP contribution in [0.1, 0.15) is 71.6 Å². The van der Waals surface area contributed by atoms with Crippen molar-refractivity contribution >= 4 is 18.1 Å². The molecule has 4 aliphatic carbocycles. The fourth-order valence-corrected chi connectivity index (χ4v) is 12.9. The highest BCUT2D eigenvalue weighted by Gasteiger charge is 2.99. The normalized spacial score (nSPS) is 42.0. The zero-order valence-corrected chi connectivity index (χ0v) is 17.1. The summed E-state index contributed by atoms with van der Waals surface area (Å²) in [5, 5.41) is 0. The molecule has 2 saturated carbocycles. The highest BCUT2D eigenvalue weighted by molar-refractivity contribution is 8.06. The third-order valence-corrected chi connectivity index (χ3v) is 12.3. The van der Waals surface area contributed by atoms with Crippen molar-refractivity contribution in [2.75, 3.05) is 6.26 Å². The van der Waals surface area contributed by atoms with Crippen LogP contribution in [0.5, 0.6) is 0 Å². The molecule has 4 bridgehead atoms.